The van der Waals surface area contributed by atoms with Crippen LogP contribution in [0.15, 0.2) is 18.5 Å². The van der Waals surface area contributed by atoms with Crippen molar-refractivity contribution in [3.63, 3.8) is 0 Å². The molecule has 0 spiro atoms. The topological polar surface area (TPSA) is 67.2 Å². The average molecular weight is 239 g/mol. The Bertz CT molecular complexity index is 299. The Labute approximate surface area is 102 Å². The van der Waals surface area contributed by atoms with Gasteiger partial charge in [-0.15, -0.1) is 0 Å². The lowest BCUT2D eigenvalue weighted by atomic mass is 10.2. The lowest BCUT2D eigenvalue weighted by Crippen LogP contribution is -2.25. The first-order valence-corrected chi connectivity index (χ1v) is 6.18. The van der Waals surface area contributed by atoms with Crippen LogP contribution in [-0.2, 0) is 11.3 Å². The molecule has 0 aromatic carbocycles. The quantitative estimate of drug-likeness (QED) is 0.630. The molecule has 1 amide bonds. The molecule has 1 aromatic heterocycles. The molecule has 0 saturated heterocycles. The summed E-state index contributed by atoms with van der Waals surface area (Å²) in [6, 6.07) is 1.85. The predicted octanol–water partition coefficient (Wildman–Crippen LogP) is 0.942. The van der Waals surface area contributed by atoms with Crippen LogP contribution in [0.2, 0.25) is 0 Å². The van der Waals surface area contributed by atoms with Gasteiger partial charge in [-0.05, 0) is 18.9 Å². The minimum absolute atomic E-state index is 0.0719. The molecule has 17 heavy (non-hydrogen) atoms. The molecule has 2 N–H and O–H groups in total. The summed E-state index contributed by atoms with van der Waals surface area (Å²) in [6.45, 7) is 1.61. The number of aromatic nitrogens is 2. The average Bonchev–Trinajstić information content (AvgIpc) is 2.84. The molecule has 0 saturated carbocycles. The first-order chi connectivity index (χ1) is 8.33. The Morgan fingerprint density at radius 3 is 2.82 bits per heavy atom. The van der Waals surface area contributed by atoms with E-state index in [4.69, 9.17) is 5.11 Å². The van der Waals surface area contributed by atoms with E-state index in [0.29, 0.717) is 13.0 Å². The Balaban J connectivity index is 1.94. The zero-order valence-corrected chi connectivity index (χ0v) is 10.1. The van der Waals surface area contributed by atoms with Crippen LogP contribution in [0.3, 0.4) is 0 Å². The molecule has 0 aliphatic carbocycles. The molecule has 0 radical (unpaired) electrons. The van der Waals surface area contributed by atoms with Gasteiger partial charge in [0.2, 0.25) is 5.91 Å². The SMILES string of the molecule is O=C(CCn1cccn1)NCCCCCCO. The van der Waals surface area contributed by atoms with Gasteiger partial charge in [-0.25, -0.2) is 0 Å². The number of aliphatic hydroxyl groups excluding tert-OH is 1. The normalized spacial score (nSPS) is 10.4. The number of nitrogens with zero attached hydrogens (tertiary/aromatic N) is 2. The van der Waals surface area contributed by atoms with Crippen LogP contribution >= 0.6 is 0 Å². The first kappa shape index (κ1) is 13.7. The highest BCUT2D eigenvalue weighted by Crippen LogP contribution is 1.97. The van der Waals surface area contributed by atoms with Gasteiger partial charge in [0.05, 0.1) is 0 Å². The molecule has 5 heteroatoms. The van der Waals surface area contributed by atoms with Gasteiger partial charge in [0.1, 0.15) is 0 Å². The van der Waals surface area contributed by atoms with Gasteiger partial charge in [0, 0.05) is 38.5 Å². The minimum Gasteiger partial charge on any atom is -0.396 e. The Morgan fingerprint density at radius 1 is 1.29 bits per heavy atom. The van der Waals surface area contributed by atoms with Crippen LogP contribution in [0, 0.1) is 0 Å². The minimum atomic E-state index is 0.0719. The van der Waals surface area contributed by atoms with Gasteiger partial charge in [0.15, 0.2) is 0 Å². The predicted molar refractivity (Wildman–Crippen MR) is 65.4 cm³/mol. The molecule has 0 fully saturated rings. The van der Waals surface area contributed by atoms with Gasteiger partial charge >= 0.3 is 0 Å². The van der Waals surface area contributed by atoms with Crippen molar-refractivity contribution >= 4 is 5.91 Å². The second-order valence-corrected chi connectivity index (χ2v) is 4.01. The van der Waals surface area contributed by atoms with E-state index in [9.17, 15) is 4.79 Å². The number of hydrogen-bond acceptors (Lipinski definition) is 3. The maximum absolute atomic E-state index is 11.4. The summed E-state index contributed by atoms with van der Waals surface area (Å²) in [4.78, 5) is 11.4. The number of nitrogens with one attached hydrogen (secondary N) is 1. The van der Waals surface area contributed by atoms with Gasteiger partial charge in [-0.1, -0.05) is 12.8 Å². The molecule has 1 aromatic rings. The van der Waals surface area contributed by atoms with E-state index in [1.807, 2.05) is 12.3 Å². The maximum Gasteiger partial charge on any atom is 0.221 e. The van der Waals surface area contributed by atoms with Crippen molar-refractivity contribution in [2.45, 2.75) is 38.6 Å². The summed E-state index contributed by atoms with van der Waals surface area (Å²) in [7, 11) is 0. The van der Waals surface area contributed by atoms with Crippen molar-refractivity contribution < 1.29 is 9.90 Å². The van der Waals surface area contributed by atoms with Gasteiger partial charge in [0.25, 0.3) is 0 Å². The molecule has 0 unspecified atom stereocenters. The molecule has 96 valence electrons. The molecular weight excluding hydrogens is 218 g/mol. The molecule has 0 atom stereocenters. The molecule has 1 heterocycles. The van der Waals surface area contributed by atoms with Crippen LogP contribution in [0.5, 0.6) is 0 Å². The lowest BCUT2D eigenvalue weighted by molar-refractivity contribution is -0.121. The smallest absolute Gasteiger partial charge is 0.221 e. The molecule has 1 rings (SSSR count). The van der Waals surface area contributed by atoms with Crippen LogP contribution in [0.4, 0.5) is 0 Å². The fraction of sp³-hybridized carbons (Fsp3) is 0.667. The molecule has 0 aliphatic rings. The van der Waals surface area contributed by atoms with Crippen molar-refractivity contribution in [1.82, 2.24) is 15.1 Å². The number of hydrogen-bond donors (Lipinski definition) is 2. The Hall–Kier alpha value is -1.36. The Morgan fingerprint density at radius 2 is 2.12 bits per heavy atom. The lowest BCUT2D eigenvalue weighted by Gasteiger charge is -2.05. The fourth-order valence-electron chi connectivity index (χ4n) is 1.56. The molecule has 0 aliphatic heterocycles. The summed E-state index contributed by atoms with van der Waals surface area (Å²) in [5.41, 5.74) is 0. The monoisotopic (exact) mass is 239 g/mol. The van der Waals surface area contributed by atoms with Crippen LogP contribution < -0.4 is 5.32 Å². The molecular formula is C12H21N3O2. The van der Waals surface area contributed by atoms with Crippen molar-refractivity contribution in [3.8, 4) is 0 Å². The highest BCUT2D eigenvalue weighted by atomic mass is 16.2. The summed E-state index contributed by atoms with van der Waals surface area (Å²) in [6.07, 6.45) is 7.94. The number of amides is 1. The second-order valence-electron chi connectivity index (χ2n) is 4.01. The van der Waals surface area contributed by atoms with E-state index in [1.165, 1.54) is 0 Å². The fourth-order valence-corrected chi connectivity index (χ4v) is 1.56. The number of aliphatic hydroxyl groups is 1. The third kappa shape index (κ3) is 6.73. The van der Waals surface area contributed by atoms with E-state index in [0.717, 1.165) is 32.2 Å². The van der Waals surface area contributed by atoms with E-state index >= 15 is 0 Å². The molecule has 0 bridgehead atoms. The highest BCUT2D eigenvalue weighted by Gasteiger charge is 2.00. The van der Waals surface area contributed by atoms with Crippen molar-refractivity contribution in [2.24, 2.45) is 0 Å². The Kier molecular flexibility index (Phi) is 7.06. The zero-order chi connectivity index (χ0) is 12.3. The van der Waals surface area contributed by atoms with Crippen LogP contribution in [0.25, 0.3) is 0 Å². The largest absolute Gasteiger partial charge is 0.396 e. The third-order valence-electron chi connectivity index (χ3n) is 2.53. The van der Waals surface area contributed by atoms with Crippen molar-refractivity contribution in [3.05, 3.63) is 18.5 Å². The first-order valence-electron chi connectivity index (χ1n) is 6.18. The standard InChI is InChI=1S/C12H21N3O2/c16-11-4-2-1-3-7-13-12(17)6-10-15-9-5-8-14-15/h5,8-9,16H,1-4,6-7,10-11H2,(H,13,17). The van der Waals surface area contributed by atoms with Crippen molar-refractivity contribution in [2.75, 3.05) is 13.2 Å². The second kappa shape index (κ2) is 8.75. The number of rotatable bonds is 9. The van der Waals surface area contributed by atoms with Gasteiger partial charge in [-0.2, -0.15) is 5.10 Å². The number of unbranched alkanes of at least 4 members (excludes halogenated alkanes) is 3. The summed E-state index contributed by atoms with van der Waals surface area (Å²) < 4.78 is 1.75. The van der Waals surface area contributed by atoms with Crippen molar-refractivity contribution in [1.29, 1.82) is 0 Å². The van der Waals surface area contributed by atoms with Gasteiger partial charge in [-0.3, -0.25) is 9.48 Å². The summed E-state index contributed by atoms with van der Waals surface area (Å²) in [5.74, 6) is 0.0719. The van der Waals surface area contributed by atoms with E-state index < -0.39 is 0 Å². The summed E-state index contributed by atoms with van der Waals surface area (Å²) >= 11 is 0. The maximum atomic E-state index is 11.4. The van der Waals surface area contributed by atoms with E-state index in [2.05, 4.69) is 10.4 Å². The van der Waals surface area contributed by atoms with Crippen LogP contribution in [-0.4, -0.2) is 33.9 Å². The number of aryl methyl sites for hydroxylation is 1. The number of carbonyl (C=O) groups is 1. The molecule has 5 nitrogen and oxygen atoms in total. The number of carbonyl (C=O) groups excluding carboxylic acids is 1. The van der Waals surface area contributed by atoms with Gasteiger partial charge < -0.3 is 10.4 Å². The van der Waals surface area contributed by atoms with E-state index in [1.54, 1.807) is 10.9 Å². The summed E-state index contributed by atoms with van der Waals surface area (Å²) in [5, 5.41) is 15.5. The van der Waals surface area contributed by atoms with E-state index in [-0.39, 0.29) is 12.5 Å². The van der Waals surface area contributed by atoms with Crippen LogP contribution in [0.1, 0.15) is 32.1 Å². The third-order valence-corrected chi connectivity index (χ3v) is 2.53. The zero-order valence-electron chi connectivity index (χ0n) is 10.1. The highest BCUT2D eigenvalue weighted by molar-refractivity contribution is 5.75.